The van der Waals surface area contributed by atoms with Crippen LogP contribution in [0, 0.1) is 5.82 Å². The molecule has 2 heterocycles. The Hall–Kier alpha value is -2.29. The maximum absolute atomic E-state index is 13.5. The van der Waals surface area contributed by atoms with Gasteiger partial charge in [-0.25, -0.2) is 14.2 Å². The molecule has 1 aliphatic heterocycles. The van der Waals surface area contributed by atoms with E-state index in [9.17, 15) is 9.18 Å². The number of nitrogens with one attached hydrogen (secondary N) is 1. The normalized spacial score (nSPS) is 16.9. The Kier molecular flexibility index (Phi) is 5.65. The third kappa shape index (κ3) is 3.62. The first-order valence-electron chi connectivity index (χ1n) is 7.85. The Morgan fingerprint density at radius 2 is 2.31 bits per heavy atom. The standard InChI is InChI=1S/C17H16ClFN4O2S/c1-2-25-17(24)13-12(8-20)22-15(16-21-5-6-26-16)23-14(13)10-4-3-9(19)7-11(10)18/h3-7,14H,2,8,20H2,1H3,(H,22,23)/t14-/m0/s1. The zero-order valence-corrected chi connectivity index (χ0v) is 15.4. The van der Waals surface area contributed by atoms with E-state index in [-0.39, 0.29) is 23.7 Å². The smallest absolute Gasteiger partial charge is 0.338 e. The van der Waals surface area contributed by atoms with E-state index in [4.69, 9.17) is 22.1 Å². The van der Waals surface area contributed by atoms with Crippen molar-refractivity contribution in [1.82, 2.24) is 10.3 Å². The van der Waals surface area contributed by atoms with E-state index in [2.05, 4.69) is 15.3 Å². The van der Waals surface area contributed by atoms with E-state index in [1.54, 1.807) is 13.1 Å². The average molecular weight is 395 g/mol. The molecular weight excluding hydrogens is 379 g/mol. The molecule has 0 bridgehead atoms. The number of ether oxygens (including phenoxy) is 1. The van der Waals surface area contributed by atoms with Gasteiger partial charge < -0.3 is 15.8 Å². The number of nitrogens with two attached hydrogens (primary N) is 1. The molecule has 136 valence electrons. The van der Waals surface area contributed by atoms with Crippen LogP contribution in [0.3, 0.4) is 0 Å². The first kappa shape index (κ1) is 18.5. The van der Waals surface area contributed by atoms with E-state index in [0.717, 1.165) is 0 Å². The maximum atomic E-state index is 13.5. The summed E-state index contributed by atoms with van der Waals surface area (Å²) in [6.45, 7) is 1.97. The van der Waals surface area contributed by atoms with Crippen molar-refractivity contribution in [2.75, 3.05) is 13.2 Å². The molecule has 1 aromatic carbocycles. The molecule has 0 saturated heterocycles. The van der Waals surface area contributed by atoms with Gasteiger partial charge in [-0.3, -0.25) is 4.99 Å². The number of nitrogens with zero attached hydrogens (tertiary/aromatic N) is 2. The van der Waals surface area contributed by atoms with Gasteiger partial charge in [-0.15, -0.1) is 11.3 Å². The molecule has 2 aromatic rings. The van der Waals surface area contributed by atoms with Crippen molar-refractivity contribution in [2.24, 2.45) is 10.7 Å². The molecule has 0 aliphatic carbocycles. The molecule has 1 aliphatic rings. The minimum absolute atomic E-state index is 0.0633. The molecule has 0 unspecified atom stereocenters. The number of esters is 1. The lowest BCUT2D eigenvalue weighted by Crippen LogP contribution is -2.36. The lowest BCUT2D eigenvalue weighted by Gasteiger charge is -2.27. The van der Waals surface area contributed by atoms with Crippen molar-refractivity contribution >= 4 is 34.7 Å². The van der Waals surface area contributed by atoms with Crippen LogP contribution in [0.4, 0.5) is 4.39 Å². The maximum Gasteiger partial charge on any atom is 0.338 e. The van der Waals surface area contributed by atoms with Crippen LogP contribution in [0.5, 0.6) is 0 Å². The second kappa shape index (κ2) is 7.94. The van der Waals surface area contributed by atoms with Gasteiger partial charge in [-0.2, -0.15) is 0 Å². The Labute approximate surface area is 158 Å². The quantitative estimate of drug-likeness (QED) is 0.761. The van der Waals surface area contributed by atoms with Gasteiger partial charge in [-0.05, 0) is 19.1 Å². The molecule has 9 heteroatoms. The summed E-state index contributed by atoms with van der Waals surface area (Å²) in [6.07, 6.45) is 1.65. The Morgan fingerprint density at radius 1 is 1.50 bits per heavy atom. The Balaban J connectivity index is 2.15. The highest BCUT2D eigenvalue weighted by atomic mass is 35.5. The van der Waals surface area contributed by atoms with Gasteiger partial charge in [0.1, 0.15) is 11.9 Å². The van der Waals surface area contributed by atoms with Gasteiger partial charge >= 0.3 is 5.97 Å². The van der Waals surface area contributed by atoms with Crippen LogP contribution in [-0.4, -0.2) is 29.9 Å². The first-order valence-corrected chi connectivity index (χ1v) is 9.10. The number of aromatic nitrogens is 1. The number of hydrogen-bond acceptors (Lipinski definition) is 7. The second-order valence-corrected chi connectivity index (χ2v) is 6.63. The van der Waals surface area contributed by atoms with Crippen molar-refractivity contribution < 1.29 is 13.9 Å². The minimum atomic E-state index is -0.777. The number of hydrogen-bond donors (Lipinski definition) is 2. The largest absolute Gasteiger partial charge is 0.463 e. The number of carbonyl (C=O) groups is 1. The molecule has 0 radical (unpaired) electrons. The van der Waals surface area contributed by atoms with Crippen molar-refractivity contribution in [3.63, 3.8) is 0 Å². The van der Waals surface area contributed by atoms with Crippen LogP contribution >= 0.6 is 22.9 Å². The Morgan fingerprint density at radius 3 is 2.92 bits per heavy atom. The molecule has 0 spiro atoms. The van der Waals surface area contributed by atoms with Crippen LogP contribution in [0.1, 0.15) is 23.5 Å². The van der Waals surface area contributed by atoms with Crippen molar-refractivity contribution in [1.29, 1.82) is 0 Å². The zero-order valence-electron chi connectivity index (χ0n) is 13.8. The van der Waals surface area contributed by atoms with Crippen LogP contribution in [0.25, 0.3) is 0 Å². The molecule has 3 rings (SSSR count). The predicted octanol–water partition coefficient (Wildman–Crippen LogP) is 2.80. The molecular formula is C17H16ClFN4O2S. The van der Waals surface area contributed by atoms with Crippen molar-refractivity contribution in [3.8, 4) is 0 Å². The topological polar surface area (TPSA) is 89.6 Å². The highest BCUT2D eigenvalue weighted by Crippen LogP contribution is 2.36. The van der Waals surface area contributed by atoms with E-state index in [1.165, 1.54) is 29.5 Å². The van der Waals surface area contributed by atoms with E-state index in [0.29, 0.717) is 22.1 Å². The fourth-order valence-electron chi connectivity index (χ4n) is 2.60. The van der Waals surface area contributed by atoms with Crippen LogP contribution in [0.2, 0.25) is 5.02 Å². The van der Waals surface area contributed by atoms with E-state index >= 15 is 0 Å². The van der Waals surface area contributed by atoms with E-state index < -0.39 is 17.8 Å². The number of benzene rings is 1. The number of rotatable bonds is 5. The molecule has 0 fully saturated rings. The number of thiazole rings is 1. The average Bonchev–Trinajstić information content (AvgIpc) is 3.15. The fourth-order valence-corrected chi connectivity index (χ4v) is 3.46. The molecule has 0 saturated carbocycles. The van der Waals surface area contributed by atoms with E-state index in [1.807, 2.05) is 5.38 Å². The third-order valence-electron chi connectivity index (χ3n) is 3.72. The highest BCUT2D eigenvalue weighted by Gasteiger charge is 2.33. The van der Waals surface area contributed by atoms with Gasteiger partial charge in [0, 0.05) is 34.4 Å². The summed E-state index contributed by atoms with van der Waals surface area (Å²) in [5, 5.41) is 5.68. The fraction of sp³-hybridized carbons (Fsp3) is 0.235. The summed E-state index contributed by atoms with van der Waals surface area (Å²) < 4.78 is 18.6. The first-order chi connectivity index (χ1) is 12.5. The van der Waals surface area contributed by atoms with Gasteiger partial charge in [0.05, 0.1) is 12.2 Å². The van der Waals surface area contributed by atoms with Crippen molar-refractivity contribution in [3.05, 3.63) is 62.5 Å². The molecule has 1 atom stereocenters. The lowest BCUT2D eigenvalue weighted by atomic mass is 9.95. The number of carbonyl (C=O) groups excluding carboxylic acids is 1. The molecule has 0 amide bonds. The lowest BCUT2D eigenvalue weighted by molar-refractivity contribution is -0.138. The minimum Gasteiger partial charge on any atom is -0.463 e. The molecule has 3 N–H and O–H groups in total. The van der Waals surface area contributed by atoms with Crippen LogP contribution in [-0.2, 0) is 9.53 Å². The summed E-state index contributed by atoms with van der Waals surface area (Å²) >= 11 is 7.61. The highest BCUT2D eigenvalue weighted by molar-refractivity contribution is 7.11. The van der Waals surface area contributed by atoms with Gasteiger partial charge in [0.15, 0.2) is 10.8 Å². The summed E-state index contributed by atoms with van der Waals surface area (Å²) in [6, 6.07) is 3.18. The number of amidine groups is 1. The van der Waals surface area contributed by atoms with Crippen molar-refractivity contribution in [2.45, 2.75) is 13.0 Å². The van der Waals surface area contributed by atoms with Gasteiger partial charge in [0.2, 0.25) is 0 Å². The number of aliphatic imine (C=N–C) groups is 1. The molecule has 1 aromatic heterocycles. The summed E-state index contributed by atoms with van der Waals surface area (Å²) in [4.78, 5) is 21.4. The number of halogens is 2. The van der Waals surface area contributed by atoms with Crippen LogP contribution < -0.4 is 11.1 Å². The SMILES string of the molecule is CCOC(=O)C1=C(CN)NC(c2nccs2)=N[C@H]1c1ccc(F)cc1Cl. The molecule has 6 nitrogen and oxygen atoms in total. The van der Waals surface area contributed by atoms with Gasteiger partial charge in [-0.1, -0.05) is 17.7 Å². The predicted molar refractivity (Wildman–Crippen MR) is 98.7 cm³/mol. The third-order valence-corrected chi connectivity index (χ3v) is 4.82. The Bertz CT molecular complexity index is 883. The summed E-state index contributed by atoms with van der Waals surface area (Å²) in [5.74, 6) is -0.552. The summed E-state index contributed by atoms with van der Waals surface area (Å²) in [7, 11) is 0. The molecule has 26 heavy (non-hydrogen) atoms. The van der Waals surface area contributed by atoms with Gasteiger partial charge in [0.25, 0.3) is 0 Å². The monoisotopic (exact) mass is 394 g/mol. The second-order valence-electron chi connectivity index (χ2n) is 5.33. The zero-order chi connectivity index (χ0) is 18.7. The van der Waals surface area contributed by atoms with Crippen LogP contribution in [0.15, 0.2) is 46.0 Å². The summed E-state index contributed by atoms with van der Waals surface area (Å²) in [5.41, 5.74) is 7.06.